The number of hydrogen-bond donors (Lipinski definition) is 2. The normalized spacial score (nSPS) is 10.2. The van der Waals surface area contributed by atoms with E-state index in [0.29, 0.717) is 14.5 Å². The van der Waals surface area contributed by atoms with E-state index in [1.807, 2.05) is 26.0 Å². The molecule has 23 heavy (non-hydrogen) atoms. The Morgan fingerprint density at radius 3 is 2.91 bits per heavy atom. The number of amides is 1. The fraction of sp³-hybridized carbons (Fsp3) is 0.267. The van der Waals surface area contributed by atoms with Gasteiger partial charge in [0.05, 0.1) is 23.0 Å². The summed E-state index contributed by atoms with van der Waals surface area (Å²) < 4.78 is 0.698. The molecule has 8 heteroatoms. The first-order valence-electron chi connectivity index (χ1n) is 6.70. The molecule has 1 amide bonds. The van der Waals surface area contributed by atoms with Gasteiger partial charge in [-0.15, -0.1) is 16.6 Å². The number of aromatic nitrogens is 2. The average Bonchev–Trinajstić information content (AvgIpc) is 2.94. The number of anilines is 2. The summed E-state index contributed by atoms with van der Waals surface area (Å²) >= 11 is 8.94. The van der Waals surface area contributed by atoms with E-state index in [9.17, 15) is 4.79 Å². The van der Waals surface area contributed by atoms with Crippen molar-refractivity contribution >= 4 is 51.4 Å². The number of halogens is 1. The Morgan fingerprint density at radius 2 is 2.22 bits per heavy atom. The van der Waals surface area contributed by atoms with Crippen molar-refractivity contribution in [3.05, 3.63) is 28.3 Å². The Bertz CT molecular complexity index is 731. The van der Waals surface area contributed by atoms with Crippen LogP contribution in [0.25, 0.3) is 0 Å². The Hall–Kier alpha value is -1.75. The number of carbonyl (C=O) groups is 1. The molecule has 1 aromatic heterocycles. The summed E-state index contributed by atoms with van der Waals surface area (Å²) in [4.78, 5) is 11.5. The highest BCUT2D eigenvalue weighted by Crippen LogP contribution is 2.33. The second-order valence-electron chi connectivity index (χ2n) is 4.71. The lowest BCUT2D eigenvalue weighted by Gasteiger charge is -2.09. The van der Waals surface area contributed by atoms with Crippen molar-refractivity contribution in [1.29, 1.82) is 0 Å². The standard InChI is InChI=1S/C15H15ClN4OS2/c1-4-5-17-12(21)8-22-15-20-19-14(23-15)18-13-10(3)6-9(2)7-11(13)16/h1,6-7H,5,8H2,2-3H3,(H,17,21)(H,18,19). The summed E-state index contributed by atoms with van der Waals surface area (Å²) in [6, 6.07) is 3.93. The Kier molecular flexibility index (Phi) is 6.28. The molecule has 1 aromatic carbocycles. The number of nitrogens with one attached hydrogen (secondary N) is 2. The van der Waals surface area contributed by atoms with Gasteiger partial charge in [0.2, 0.25) is 11.0 Å². The van der Waals surface area contributed by atoms with E-state index in [4.69, 9.17) is 18.0 Å². The molecule has 0 aliphatic carbocycles. The molecule has 0 saturated heterocycles. The Balaban J connectivity index is 1.98. The van der Waals surface area contributed by atoms with Gasteiger partial charge in [0.1, 0.15) is 0 Å². The van der Waals surface area contributed by atoms with Crippen molar-refractivity contribution in [2.75, 3.05) is 17.6 Å². The van der Waals surface area contributed by atoms with Gasteiger partial charge in [-0.3, -0.25) is 4.79 Å². The van der Waals surface area contributed by atoms with Crippen LogP contribution >= 0.6 is 34.7 Å². The third-order valence-electron chi connectivity index (χ3n) is 2.78. The maximum absolute atomic E-state index is 11.5. The third-order valence-corrected chi connectivity index (χ3v) is 5.05. The van der Waals surface area contributed by atoms with Gasteiger partial charge >= 0.3 is 0 Å². The summed E-state index contributed by atoms with van der Waals surface area (Å²) in [6.45, 7) is 4.20. The molecule has 0 atom stereocenters. The van der Waals surface area contributed by atoms with Crippen molar-refractivity contribution in [1.82, 2.24) is 15.5 Å². The highest BCUT2D eigenvalue weighted by Gasteiger charge is 2.11. The molecule has 0 bridgehead atoms. The van der Waals surface area contributed by atoms with Crippen LogP contribution in [0, 0.1) is 26.2 Å². The first-order chi connectivity index (χ1) is 11.0. The van der Waals surface area contributed by atoms with Crippen molar-refractivity contribution in [2.24, 2.45) is 0 Å². The van der Waals surface area contributed by atoms with Gasteiger partial charge in [-0.2, -0.15) is 0 Å². The molecular formula is C15H15ClN4OS2. The molecule has 0 radical (unpaired) electrons. The number of carbonyl (C=O) groups excluding carboxylic acids is 1. The van der Waals surface area contributed by atoms with Gasteiger partial charge < -0.3 is 10.6 Å². The zero-order chi connectivity index (χ0) is 16.8. The minimum absolute atomic E-state index is 0.130. The van der Waals surface area contributed by atoms with E-state index >= 15 is 0 Å². The lowest BCUT2D eigenvalue weighted by atomic mass is 10.1. The number of benzene rings is 1. The van der Waals surface area contributed by atoms with Crippen LogP contribution in [0.1, 0.15) is 11.1 Å². The van der Waals surface area contributed by atoms with E-state index in [0.717, 1.165) is 16.8 Å². The van der Waals surface area contributed by atoms with Gasteiger partial charge in [0.15, 0.2) is 4.34 Å². The maximum Gasteiger partial charge on any atom is 0.231 e. The molecule has 0 aliphatic heterocycles. The number of thioether (sulfide) groups is 1. The number of aryl methyl sites for hydroxylation is 2. The molecule has 2 N–H and O–H groups in total. The first-order valence-corrected chi connectivity index (χ1v) is 8.88. The van der Waals surface area contributed by atoms with Crippen LogP contribution in [0.15, 0.2) is 16.5 Å². The molecule has 2 rings (SSSR count). The summed E-state index contributed by atoms with van der Waals surface area (Å²) in [5.41, 5.74) is 2.95. The van der Waals surface area contributed by atoms with Crippen molar-refractivity contribution in [3.8, 4) is 12.3 Å². The van der Waals surface area contributed by atoms with Crippen LogP contribution in [0.2, 0.25) is 5.02 Å². The quantitative estimate of drug-likeness (QED) is 0.606. The van der Waals surface area contributed by atoms with E-state index in [-0.39, 0.29) is 18.2 Å². The summed E-state index contributed by atoms with van der Waals surface area (Å²) in [5.74, 6) is 2.47. The first kappa shape index (κ1) is 17.6. The summed E-state index contributed by atoms with van der Waals surface area (Å²) in [6.07, 6.45) is 5.08. The predicted molar refractivity (Wildman–Crippen MR) is 96.7 cm³/mol. The molecular weight excluding hydrogens is 352 g/mol. The highest BCUT2D eigenvalue weighted by atomic mass is 35.5. The SMILES string of the molecule is C#CCNC(=O)CSc1nnc(Nc2c(C)cc(C)cc2Cl)s1. The topological polar surface area (TPSA) is 66.9 Å². The fourth-order valence-corrected chi connectivity index (χ4v) is 3.78. The van der Waals surface area contributed by atoms with Crippen LogP contribution in [-0.2, 0) is 4.79 Å². The Morgan fingerprint density at radius 1 is 1.43 bits per heavy atom. The van der Waals surface area contributed by atoms with Crippen LogP contribution in [0.3, 0.4) is 0 Å². The zero-order valence-corrected chi connectivity index (χ0v) is 15.0. The van der Waals surface area contributed by atoms with Gasteiger partial charge in [-0.1, -0.05) is 46.7 Å². The molecule has 120 valence electrons. The molecule has 0 fully saturated rings. The second kappa shape index (κ2) is 8.20. The molecule has 0 aliphatic rings. The average molecular weight is 367 g/mol. The van der Waals surface area contributed by atoms with Crippen LogP contribution in [-0.4, -0.2) is 28.4 Å². The molecule has 0 unspecified atom stereocenters. The highest BCUT2D eigenvalue weighted by molar-refractivity contribution is 8.01. The zero-order valence-electron chi connectivity index (χ0n) is 12.6. The molecule has 2 aromatic rings. The lowest BCUT2D eigenvalue weighted by molar-refractivity contribution is -0.118. The second-order valence-corrected chi connectivity index (χ2v) is 7.31. The van der Waals surface area contributed by atoms with E-state index in [1.54, 1.807) is 0 Å². The monoisotopic (exact) mass is 366 g/mol. The molecule has 0 spiro atoms. The number of terminal acetylenes is 1. The van der Waals surface area contributed by atoms with Gasteiger partial charge in [0.25, 0.3) is 0 Å². The largest absolute Gasteiger partial charge is 0.344 e. The van der Waals surface area contributed by atoms with Crippen molar-refractivity contribution in [2.45, 2.75) is 18.2 Å². The summed E-state index contributed by atoms with van der Waals surface area (Å²) in [5, 5.41) is 15.2. The number of nitrogens with zero attached hydrogens (tertiary/aromatic N) is 2. The predicted octanol–water partition coefficient (Wildman–Crippen LogP) is 3.39. The van der Waals surface area contributed by atoms with Crippen LogP contribution < -0.4 is 10.6 Å². The van der Waals surface area contributed by atoms with E-state index < -0.39 is 0 Å². The fourth-order valence-electron chi connectivity index (χ4n) is 1.83. The lowest BCUT2D eigenvalue weighted by Crippen LogP contribution is -2.25. The van der Waals surface area contributed by atoms with E-state index in [2.05, 4.69) is 26.8 Å². The van der Waals surface area contributed by atoms with Crippen molar-refractivity contribution < 1.29 is 4.79 Å². The smallest absolute Gasteiger partial charge is 0.231 e. The molecule has 1 heterocycles. The van der Waals surface area contributed by atoms with Gasteiger partial charge in [0, 0.05) is 0 Å². The Labute approximate surface area is 148 Å². The maximum atomic E-state index is 11.5. The minimum atomic E-state index is -0.130. The minimum Gasteiger partial charge on any atom is -0.344 e. The van der Waals surface area contributed by atoms with Crippen LogP contribution in [0.5, 0.6) is 0 Å². The van der Waals surface area contributed by atoms with Crippen molar-refractivity contribution in [3.63, 3.8) is 0 Å². The summed E-state index contributed by atoms with van der Waals surface area (Å²) in [7, 11) is 0. The molecule has 0 saturated carbocycles. The molecule has 5 nitrogen and oxygen atoms in total. The number of hydrogen-bond acceptors (Lipinski definition) is 6. The van der Waals surface area contributed by atoms with Crippen LogP contribution in [0.4, 0.5) is 10.8 Å². The van der Waals surface area contributed by atoms with Gasteiger partial charge in [-0.05, 0) is 31.0 Å². The third kappa shape index (κ3) is 5.13. The number of rotatable bonds is 6. The van der Waals surface area contributed by atoms with Gasteiger partial charge in [-0.25, -0.2) is 0 Å². The van der Waals surface area contributed by atoms with E-state index in [1.165, 1.54) is 23.1 Å².